The third-order valence-corrected chi connectivity index (χ3v) is 2.07. The van der Waals surface area contributed by atoms with E-state index in [4.69, 9.17) is 19.0 Å². The summed E-state index contributed by atoms with van der Waals surface area (Å²) in [5.41, 5.74) is 0.813. The molecule has 0 spiro atoms. The van der Waals surface area contributed by atoms with E-state index >= 15 is 0 Å². The third kappa shape index (κ3) is 1.11. The maximum atomic E-state index is 10.6. The molecule has 0 aliphatic carbocycles. The lowest BCUT2D eigenvalue weighted by Gasteiger charge is -1.92. The fourth-order valence-electron chi connectivity index (χ4n) is 1.41. The smallest absolute Gasteiger partial charge is 0.392 e. The van der Waals surface area contributed by atoms with Gasteiger partial charge in [-0.15, -0.1) is 0 Å². The summed E-state index contributed by atoms with van der Waals surface area (Å²) in [4.78, 5) is 14.4. The molecular weight excluding hydrogens is 202 g/mol. The van der Waals surface area contributed by atoms with E-state index in [9.17, 15) is 4.79 Å². The third-order valence-electron chi connectivity index (χ3n) is 2.07. The number of carbonyl (C=O) groups is 1. The van der Waals surface area contributed by atoms with Crippen LogP contribution in [0.2, 0.25) is 0 Å². The highest BCUT2D eigenvalue weighted by molar-refractivity contribution is 5.87. The average molecular weight is 207 g/mol. The Balaban J connectivity index is 2.24. The second-order valence-corrected chi connectivity index (χ2v) is 3.00. The first-order chi connectivity index (χ1) is 7.24. The molecule has 0 atom stereocenters. The molecule has 0 unspecified atom stereocenters. The van der Waals surface area contributed by atoms with Crippen LogP contribution in [0.15, 0.2) is 16.5 Å². The Morgan fingerprint density at radius 2 is 2.07 bits per heavy atom. The maximum Gasteiger partial charge on any atom is 0.392 e. The minimum Gasteiger partial charge on any atom is -0.474 e. The van der Waals surface area contributed by atoms with Crippen LogP contribution in [-0.2, 0) is 0 Å². The molecule has 15 heavy (non-hydrogen) atoms. The molecule has 1 aromatic carbocycles. The molecule has 1 aromatic heterocycles. The minimum atomic E-state index is -1.20. The van der Waals surface area contributed by atoms with Gasteiger partial charge >= 0.3 is 11.9 Å². The van der Waals surface area contributed by atoms with E-state index in [2.05, 4.69) is 4.98 Å². The number of hydrogen-bond donors (Lipinski definition) is 1. The Bertz CT molecular complexity index is 518. The summed E-state index contributed by atoms with van der Waals surface area (Å²) in [6.45, 7) is 0.160. The van der Waals surface area contributed by atoms with Crippen molar-refractivity contribution in [2.45, 2.75) is 0 Å². The Morgan fingerprint density at radius 3 is 2.80 bits per heavy atom. The summed E-state index contributed by atoms with van der Waals surface area (Å²) >= 11 is 0. The van der Waals surface area contributed by atoms with Gasteiger partial charge in [0.25, 0.3) is 0 Å². The number of carboxylic acids is 1. The molecule has 76 valence electrons. The van der Waals surface area contributed by atoms with Crippen LogP contribution < -0.4 is 9.47 Å². The zero-order chi connectivity index (χ0) is 10.4. The normalized spacial score (nSPS) is 13.3. The fraction of sp³-hybridized carbons (Fsp3) is 0.111. The van der Waals surface area contributed by atoms with Crippen LogP contribution in [0.5, 0.6) is 11.5 Å². The lowest BCUT2D eigenvalue weighted by atomic mass is 10.3. The number of nitrogens with zero attached hydrogens (tertiary/aromatic N) is 1. The van der Waals surface area contributed by atoms with Crippen molar-refractivity contribution in [2.24, 2.45) is 0 Å². The molecule has 6 nitrogen and oxygen atoms in total. The van der Waals surface area contributed by atoms with E-state index in [1.54, 1.807) is 12.1 Å². The standard InChI is InChI=1S/C9H5NO5/c11-9(12)8-10-4-1-6-7(14-3-13-6)2-5(4)15-8/h1-2H,3H2,(H,11,12). The van der Waals surface area contributed by atoms with Crippen molar-refractivity contribution in [3.8, 4) is 11.5 Å². The van der Waals surface area contributed by atoms with Crippen molar-refractivity contribution in [3.63, 3.8) is 0 Å². The quantitative estimate of drug-likeness (QED) is 0.757. The largest absolute Gasteiger partial charge is 0.474 e. The van der Waals surface area contributed by atoms with E-state index in [0.29, 0.717) is 22.6 Å². The van der Waals surface area contributed by atoms with E-state index in [-0.39, 0.29) is 12.7 Å². The Kier molecular flexibility index (Phi) is 1.42. The molecule has 2 heterocycles. The Labute approximate surface area is 83.0 Å². The summed E-state index contributed by atoms with van der Waals surface area (Å²) in [5.74, 6) is -0.454. The van der Waals surface area contributed by atoms with Crippen LogP contribution in [0, 0.1) is 0 Å². The van der Waals surface area contributed by atoms with Gasteiger partial charge < -0.3 is 19.0 Å². The minimum absolute atomic E-state index is 0.160. The molecule has 1 aliphatic rings. The Morgan fingerprint density at radius 1 is 1.33 bits per heavy atom. The zero-order valence-corrected chi connectivity index (χ0v) is 7.39. The van der Waals surface area contributed by atoms with Crippen LogP contribution in [0.3, 0.4) is 0 Å². The number of ether oxygens (including phenoxy) is 2. The summed E-state index contributed by atoms with van der Waals surface area (Å²) in [7, 11) is 0. The van der Waals surface area contributed by atoms with Crippen LogP contribution >= 0.6 is 0 Å². The van der Waals surface area contributed by atoms with Crippen molar-refractivity contribution in [2.75, 3.05) is 6.79 Å². The van der Waals surface area contributed by atoms with Gasteiger partial charge in [0.05, 0.1) is 0 Å². The van der Waals surface area contributed by atoms with Crippen LogP contribution in [-0.4, -0.2) is 22.9 Å². The average Bonchev–Trinajstić information content (AvgIpc) is 2.77. The molecule has 1 aliphatic heterocycles. The number of rotatable bonds is 1. The molecule has 6 heteroatoms. The number of aromatic nitrogens is 1. The van der Waals surface area contributed by atoms with E-state index in [1.165, 1.54) is 0 Å². The molecule has 2 aromatic rings. The van der Waals surface area contributed by atoms with Crippen molar-refractivity contribution < 1.29 is 23.8 Å². The van der Waals surface area contributed by atoms with Crippen molar-refractivity contribution >= 4 is 17.1 Å². The first-order valence-corrected chi connectivity index (χ1v) is 4.17. The van der Waals surface area contributed by atoms with Gasteiger partial charge in [0, 0.05) is 12.1 Å². The monoisotopic (exact) mass is 207 g/mol. The lowest BCUT2D eigenvalue weighted by Crippen LogP contribution is -1.95. The van der Waals surface area contributed by atoms with E-state index < -0.39 is 5.97 Å². The summed E-state index contributed by atoms with van der Waals surface area (Å²) in [5, 5.41) is 8.68. The molecule has 3 rings (SSSR count). The van der Waals surface area contributed by atoms with Gasteiger partial charge in [0.2, 0.25) is 6.79 Å². The fourth-order valence-corrected chi connectivity index (χ4v) is 1.41. The summed E-state index contributed by atoms with van der Waals surface area (Å²) in [6.07, 6.45) is 0. The molecule has 0 amide bonds. The van der Waals surface area contributed by atoms with Gasteiger partial charge in [0.1, 0.15) is 5.52 Å². The highest BCUT2D eigenvalue weighted by Crippen LogP contribution is 2.35. The Hall–Kier alpha value is -2.24. The van der Waals surface area contributed by atoms with Gasteiger partial charge in [-0.3, -0.25) is 0 Å². The lowest BCUT2D eigenvalue weighted by molar-refractivity contribution is 0.0656. The maximum absolute atomic E-state index is 10.6. The molecule has 1 N–H and O–H groups in total. The zero-order valence-electron chi connectivity index (χ0n) is 7.39. The highest BCUT2D eigenvalue weighted by Gasteiger charge is 2.19. The second kappa shape index (κ2) is 2.63. The van der Waals surface area contributed by atoms with E-state index in [1.807, 2.05) is 0 Å². The van der Waals surface area contributed by atoms with Crippen molar-refractivity contribution in [3.05, 3.63) is 18.0 Å². The topological polar surface area (TPSA) is 81.8 Å². The molecule has 0 fully saturated rings. The van der Waals surface area contributed by atoms with Crippen molar-refractivity contribution in [1.29, 1.82) is 0 Å². The SMILES string of the molecule is O=C(O)c1nc2cc3c(cc2o1)OCO3. The van der Waals surface area contributed by atoms with Gasteiger partial charge in [-0.05, 0) is 0 Å². The van der Waals surface area contributed by atoms with Crippen LogP contribution in [0.1, 0.15) is 10.7 Å². The number of fused-ring (bicyclic) bond motifs is 2. The predicted octanol–water partition coefficient (Wildman–Crippen LogP) is 1.25. The van der Waals surface area contributed by atoms with E-state index in [0.717, 1.165) is 0 Å². The first-order valence-electron chi connectivity index (χ1n) is 4.17. The highest BCUT2D eigenvalue weighted by atomic mass is 16.7. The number of carboxylic acid groups (broad SMARTS) is 1. The number of oxazole rings is 1. The van der Waals surface area contributed by atoms with Gasteiger partial charge in [-0.25, -0.2) is 9.78 Å². The van der Waals surface area contributed by atoms with Crippen LogP contribution in [0.4, 0.5) is 0 Å². The molecular formula is C9H5NO5. The summed E-state index contributed by atoms with van der Waals surface area (Å²) < 4.78 is 15.3. The number of hydrogen-bond acceptors (Lipinski definition) is 5. The van der Waals surface area contributed by atoms with Gasteiger partial charge in [-0.2, -0.15) is 0 Å². The van der Waals surface area contributed by atoms with Crippen LogP contribution in [0.25, 0.3) is 11.1 Å². The number of aromatic carboxylic acids is 1. The molecule has 0 bridgehead atoms. The molecule has 0 saturated carbocycles. The first kappa shape index (κ1) is 8.10. The second-order valence-electron chi connectivity index (χ2n) is 3.00. The summed E-state index contributed by atoms with van der Waals surface area (Å²) in [6, 6.07) is 3.16. The van der Waals surface area contributed by atoms with Crippen molar-refractivity contribution in [1.82, 2.24) is 4.98 Å². The number of benzene rings is 1. The van der Waals surface area contributed by atoms with Gasteiger partial charge in [0.15, 0.2) is 17.1 Å². The van der Waals surface area contributed by atoms with Gasteiger partial charge in [-0.1, -0.05) is 0 Å². The molecule has 0 radical (unpaired) electrons. The predicted molar refractivity (Wildman–Crippen MR) is 47.1 cm³/mol. The molecule has 0 saturated heterocycles.